The summed E-state index contributed by atoms with van der Waals surface area (Å²) < 4.78 is 5.56. The Morgan fingerprint density at radius 1 is 1.16 bits per heavy atom. The molecule has 1 saturated carbocycles. The molecule has 1 aromatic rings. The molecule has 3 heterocycles. The molecule has 2 amide bonds. The van der Waals surface area contributed by atoms with Crippen LogP contribution in [0.4, 0.5) is 5.69 Å². The van der Waals surface area contributed by atoms with Gasteiger partial charge in [-0.1, -0.05) is 24.9 Å². The van der Waals surface area contributed by atoms with E-state index in [4.69, 9.17) is 10.3 Å². The van der Waals surface area contributed by atoms with E-state index in [0.717, 1.165) is 64.1 Å². The smallest absolute Gasteiger partial charge is 0.251 e. The van der Waals surface area contributed by atoms with Crippen molar-refractivity contribution >= 4 is 23.3 Å². The standard InChI is InChI=1S/C26H35N7O4/c1-2-31-11-13-32(14-12-31)19-9-7-18(8-10-19)25(35)28-22(17-5-3-4-6-17)26(36)33-15-20(29-30-27)24-23(33)21(34)16-37-24/h7-10,17,20,22-24H,2-6,11-16H2,1H3,(H,28,35)/t20-,22+,23-,24-/m1/s1. The first-order valence-corrected chi connectivity index (χ1v) is 13.4. The molecule has 3 aliphatic heterocycles. The van der Waals surface area contributed by atoms with Crippen LogP contribution in [0.2, 0.25) is 0 Å². The highest BCUT2D eigenvalue weighted by Crippen LogP contribution is 2.34. The number of rotatable bonds is 7. The molecule has 0 spiro atoms. The van der Waals surface area contributed by atoms with E-state index in [1.54, 1.807) is 0 Å². The van der Waals surface area contributed by atoms with E-state index in [-0.39, 0.29) is 36.7 Å². The largest absolute Gasteiger partial charge is 0.369 e. The van der Waals surface area contributed by atoms with Crippen molar-refractivity contribution < 1.29 is 19.1 Å². The highest BCUT2D eigenvalue weighted by Gasteiger charge is 2.53. The van der Waals surface area contributed by atoms with Gasteiger partial charge in [-0.05, 0) is 55.1 Å². The fraction of sp³-hybridized carbons (Fsp3) is 0.654. The molecular weight excluding hydrogens is 474 g/mol. The van der Waals surface area contributed by atoms with Gasteiger partial charge in [0.1, 0.15) is 18.7 Å². The lowest BCUT2D eigenvalue weighted by Crippen LogP contribution is -2.54. The van der Waals surface area contributed by atoms with E-state index in [0.29, 0.717) is 5.56 Å². The van der Waals surface area contributed by atoms with Crippen LogP contribution in [0, 0.1) is 5.92 Å². The number of hydrogen-bond donors (Lipinski definition) is 1. The van der Waals surface area contributed by atoms with Gasteiger partial charge in [0.2, 0.25) is 5.91 Å². The number of nitrogens with one attached hydrogen (secondary N) is 1. The lowest BCUT2D eigenvalue weighted by atomic mass is 9.95. The number of likely N-dealkylation sites (tertiary alicyclic amines) is 1. The van der Waals surface area contributed by atoms with Crippen molar-refractivity contribution in [3.05, 3.63) is 40.3 Å². The third kappa shape index (κ3) is 5.16. The molecule has 0 aromatic heterocycles. The Hall–Kier alpha value is -3.14. The summed E-state index contributed by atoms with van der Waals surface area (Å²) in [6.07, 6.45) is 3.05. The zero-order valence-corrected chi connectivity index (χ0v) is 21.3. The number of amides is 2. The van der Waals surface area contributed by atoms with Crippen LogP contribution in [-0.4, -0.2) is 97.5 Å². The number of Topliss-reactive ketones (excluding diaryl/α,β-unsaturated/α-hetero) is 1. The predicted octanol–water partition coefficient (Wildman–Crippen LogP) is 1.97. The van der Waals surface area contributed by atoms with E-state index < -0.39 is 24.2 Å². The van der Waals surface area contributed by atoms with Crippen molar-refractivity contribution in [2.75, 3.05) is 50.8 Å². The molecule has 1 N–H and O–H groups in total. The van der Waals surface area contributed by atoms with E-state index in [1.807, 2.05) is 24.3 Å². The lowest BCUT2D eigenvalue weighted by Gasteiger charge is -2.35. The minimum absolute atomic E-state index is 0.0000221. The van der Waals surface area contributed by atoms with Gasteiger partial charge in [0, 0.05) is 48.9 Å². The summed E-state index contributed by atoms with van der Waals surface area (Å²) in [5.41, 5.74) is 10.5. The summed E-state index contributed by atoms with van der Waals surface area (Å²) in [6.45, 7) is 7.20. The first kappa shape index (κ1) is 25.5. The van der Waals surface area contributed by atoms with Gasteiger partial charge in [-0.15, -0.1) is 0 Å². The van der Waals surface area contributed by atoms with E-state index in [9.17, 15) is 14.4 Å². The Balaban J connectivity index is 1.30. The Bertz CT molecular complexity index is 1060. The van der Waals surface area contributed by atoms with Crippen LogP contribution in [-0.2, 0) is 14.3 Å². The van der Waals surface area contributed by atoms with Crippen molar-refractivity contribution in [1.29, 1.82) is 0 Å². The number of likely N-dealkylation sites (N-methyl/N-ethyl adjacent to an activating group) is 1. The second kappa shape index (κ2) is 11.1. The van der Waals surface area contributed by atoms with E-state index in [2.05, 4.69) is 32.1 Å². The van der Waals surface area contributed by atoms with Gasteiger partial charge in [-0.3, -0.25) is 14.4 Å². The molecule has 11 heteroatoms. The Morgan fingerprint density at radius 2 is 1.86 bits per heavy atom. The van der Waals surface area contributed by atoms with Gasteiger partial charge in [0.15, 0.2) is 5.78 Å². The van der Waals surface area contributed by atoms with Crippen molar-refractivity contribution in [2.45, 2.75) is 56.8 Å². The van der Waals surface area contributed by atoms with Crippen molar-refractivity contribution in [2.24, 2.45) is 11.0 Å². The monoisotopic (exact) mass is 509 g/mol. The summed E-state index contributed by atoms with van der Waals surface area (Å²) in [5.74, 6) is -0.792. The molecule has 37 heavy (non-hydrogen) atoms. The minimum Gasteiger partial charge on any atom is -0.369 e. The number of anilines is 1. The van der Waals surface area contributed by atoms with Crippen LogP contribution in [0.25, 0.3) is 10.4 Å². The molecule has 0 unspecified atom stereocenters. The molecule has 198 valence electrons. The summed E-state index contributed by atoms with van der Waals surface area (Å²) in [6, 6.07) is 5.43. The first-order valence-electron chi connectivity index (χ1n) is 13.4. The summed E-state index contributed by atoms with van der Waals surface area (Å²) >= 11 is 0. The number of nitrogens with zero attached hydrogens (tertiary/aromatic N) is 6. The second-order valence-corrected chi connectivity index (χ2v) is 10.4. The molecule has 11 nitrogen and oxygen atoms in total. The maximum atomic E-state index is 13.8. The average Bonchev–Trinajstić information content (AvgIpc) is 3.67. The number of azide groups is 1. The number of fused-ring (bicyclic) bond motifs is 1. The number of piperazine rings is 1. The molecule has 0 radical (unpaired) electrons. The molecule has 4 fully saturated rings. The van der Waals surface area contributed by atoms with Crippen molar-refractivity contribution in [1.82, 2.24) is 15.1 Å². The number of ether oxygens (including phenoxy) is 1. The normalized spacial score (nSPS) is 27.2. The summed E-state index contributed by atoms with van der Waals surface area (Å²) in [5, 5.41) is 6.77. The lowest BCUT2D eigenvalue weighted by molar-refractivity contribution is -0.139. The van der Waals surface area contributed by atoms with Gasteiger partial charge in [0.05, 0.1) is 12.1 Å². The minimum atomic E-state index is -0.767. The molecule has 4 aliphatic rings. The van der Waals surface area contributed by atoms with Gasteiger partial charge in [0.25, 0.3) is 5.91 Å². The number of carbonyl (C=O) groups excluding carboxylic acids is 3. The van der Waals surface area contributed by atoms with Crippen LogP contribution < -0.4 is 10.2 Å². The zero-order chi connectivity index (χ0) is 25.9. The molecule has 3 saturated heterocycles. The SMILES string of the molecule is CCN1CCN(c2ccc(C(=O)N[C@H](C(=O)N3C[C@@H](N=[N+]=[N-])[C@H]4OCC(=O)[C@H]43)C3CCCC3)cc2)CC1. The second-order valence-electron chi connectivity index (χ2n) is 10.4. The van der Waals surface area contributed by atoms with Crippen LogP contribution in [0.3, 0.4) is 0 Å². The number of carbonyl (C=O) groups is 3. The molecule has 5 rings (SSSR count). The Labute approximate surface area is 216 Å². The zero-order valence-electron chi connectivity index (χ0n) is 21.3. The fourth-order valence-electron chi connectivity index (χ4n) is 6.25. The fourth-order valence-corrected chi connectivity index (χ4v) is 6.25. The number of benzene rings is 1. The van der Waals surface area contributed by atoms with E-state index >= 15 is 0 Å². The summed E-state index contributed by atoms with van der Waals surface area (Å²) in [7, 11) is 0. The van der Waals surface area contributed by atoms with Gasteiger partial charge in [-0.2, -0.15) is 0 Å². The van der Waals surface area contributed by atoms with Crippen molar-refractivity contribution in [3.63, 3.8) is 0 Å². The topological polar surface area (TPSA) is 131 Å². The van der Waals surface area contributed by atoms with Crippen LogP contribution >= 0.6 is 0 Å². The van der Waals surface area contributed by atoms with Crippen LogP contribution in [0.15, 0.2) is 29.4 Å². The maximum absolute atomic E-state index is 13.8. The first-order chi connectivity index (χ1) is 18.0. The molecule has 4 atom stereocenters. The quantitative estimate of drug-likeness (QED) is 0.340. The Morgan fingerprint density at radius 3 is 2.51 bits per heavy atom. The molecule has 1 aliphatic carbocycles. The van der Waals surface area contributed by atoms with Crippen LogP contribution in [0.1, 0.15) is 43.0 Å². The maximum Gasteiger partial charge on any atom is 0.251 e. The predicted molar refractivity (Wildman–Crippen MR) is 137 cm³/mol. The third-order valence-corrected chi connectivity index (χ3v) is 8.38. The van der Waals surface area contributed by atoms with Crippen molar-refractivity contribution in [3.8, 4) is 0 Å². The highest BCUT2D eigenvalue weighted by molar-refractivity contribution is 5.99. The van der Waals surface area contributed by atoms with Gasteiger partial charge < -0.3 is 24.8 Å². The molecular formula is C26H35N7O4. The molecule has 0 bridgehead atoms. The van der Waals surface area contributed by atoms with Gasteiger partial charge in [-0.25, -0.2) is 0 Å². The molecule has 1 aromatic carbocycles. The summed E-state index contributed by atoms with van der Waals surface area (Å²) in [4.78, 5) is 48.8. The van der Waals surface area contributed by atoms with Gasteiger partial charge >= 0.3 is 0 Å². The number of hydrogen-bond acceptors (Lipinski definition) is 7. The van der Waals surface area contributed by atoms with E-state index in [1.165, 1.54) is 4.90 Å². The average molecular weight is 510 g/mol. The highest BCUT2D eigenvalue weighted by atomic mass is 16.5. The van der Waals surface area contributed by atoms with Crippen LogP contribution in [0.5, 0.6) is 0 Å². The Kier molecular flexibility index (Phi) is 7.64. The number of ketones is 1. The third-order valence-electron chi connectivity index (χ3n) is 8.38.